The number of hydrogen-bond donors (Lipinski definition) is 0. The molecule has 0 fully saturated rings. The Morgan fingerprint density at radius 2 is 1.00 bits per heavy atom. The second-order valence-corrected chi connectivity index (χ2v) is 0.224. The summed E-state index contributed by atoms with van der Waals surface area (Å²) in [6.07, 6.45) is 0. The van der Waals surface area contributed by atoms with Crippen molar-refractivity contribution in [3.8, 4) is 0 Å². The van der Waals surface area contributed by atoms with Crippen LogP contribution in [0.15, 0.2) is 0 Å². The first-order chi connectivity index (χ1) is 2.41. The van der Waals surface area contributed by atoms with Crippen LogP contribution in [0.2, 0.25) is 0 Å². The van der Waals surface area contributed by atoms with Crippen LogP contribution >= 0.6 is 33.2 Å². The van der Waals surface area contributed by atoms with Crippen LogP contribution in [0.5, 0.6) is 0 Å². The van der Waals surface area contributed by atoms with Gasteiger partial charge in [-0.15, -0.1) is 24.8 Å². The Balaban J connectivity index is -0.0000000105. The van der Waals surface area contributed by atoms with E-state index in [-0.39, 0.29) is 24.8 Å². The van der Waals surface area contributed by atoms with Crippen LogP contribution in [0.4, 0.5) is 0 Å². The Morgan fingerprint density at radius 3 is 1.00 bits per heavy atom. The van der Waals surface area contributed by atoms with Gasteiger partial charge in [0.1, 0.15) is 0 Å². The minimum absolute atomic E-state index is 0. The van der Waals surface area contributed by atoms with Gasteiger partial charge in [0.05, 0.1) is 0 Å². The van der Waals surface area contributed by atoms with Gasteiger partial charge in [-0.3, -0.25) is 0 Å². The third kappa shape index (κ3) is 378. The molecule has 7 heavy (non-hydrogen) atoms. The molecular weight excluding hydrogens is 158 g/mol. The van der Waals surface area contributed by atoms with E-state index in [1.807, 2.05) is 13.8 Å². The summed E-state index contributed by atoms with van der Waals surface area (Å²) in [7, 11) is -1.08. The molecule has 0 saturated heterocycles. The molecule has 0 heterocycles. The van der Waals surface area contributed by atoms with Crippen molar-refractivity contribution in [2.75, 3.05) is 0 Å². The molecule has 0 aromatic carbocycles. The molecular formula is C2H8Cl2O2P+. The van der Waals surface area contributed by atoms with Crippen LogP contribution in [0.1, 0.15) is 13.8 Å². The molecule has 46 valence electrons. The maximum absolute atomic E-state index is 8.35. The molecule has 0 atom stereocenters. The van der Waals surface area contributed by atoms with E-state index < -0.39 is 8.34 Å². The van der Waals surface area contributed by atoms with Crippen LogP contribution in [0.3, 0.4) is 0 Å². The fraction of sp³-hybridized carbons (Fsp3) is 1.00. The third-order valence-electron chi connectivity index (χ3n) is 0. The van der Waals surface area contributed by atoms with Gasteiger partial charge in [-0.05, 0) is 0 Å². The summed E-state index contributed by atoms with van der Waals surface area (Å²) in [5.41, 5.74) is 0. The third-order valence-corrected chi connectivity index (χ3v) is 0. The molecule has 0 saturated carbocycles. The molecule has 0 rings (SSSR count). The summed E-state index contributed by atoms with van der Waals surface area (Å²) in [4.78, 5) is 0. The zero-order chi connectivity index (χ0) is 4.71. The average Bonchev–Trinajstić information content (AvgIpc) is 1.46. The van der Waals surface area contributed by atoms with Crippen LogP contribution < -0.4 is 0 Å². The molecule has 0 spiro atoms. The molecule has 0 bridgehead atoms. The fourth-order valence-electron chi connectivity index (χ4n) is 0. The van der Waals surface area contributed by atoms with E-state index >= 15 is 0 Å². The molecule has 0 aliphatic carbocycles. The van der Waals surface area contributed by atoms with Crippen LogP contribution in [0.25, 0.3) is 0 Å². The summed E-state index contributed by atoms with van der Waals surface area (Å²) in [5, 5.41) is 0. The zero-order valence-corrected chi connectivity index (χ0v) is 6.61. The predicted molar refractivity (Wildman–Crippen MR) is 34.1 cm³/mol. The normalized spacial score (nSPS) is 2.00. The second kappa shape index (κ2) is 80.3. The summed E-state index contributed by atoms with van der Waals surface area (Å²) in [5.74, 6) is 0. The molecule has 0 aromatic heterocycles. The van der Waals surface area contributed by atoms with E-state index in [4.69, 9.17) is 9.13 Å². The van der Waals surface area contributed by atoms with Crippen LogP contribution in [0, 0.1) is 0 Å². The molecule has 0 N–H and O–H groups in total. The first-order valence-electron chi connectivity index (χ1n) is 1.37. The molecule has 0 aliphatic rings. The second-order valence-electron chi connectivity index (χ2n) is 0.0745. The van der Waals surface area contributed by atoms with E-state index in [9.17, 15) is 0 Å². The van der Waals surface area contributed by atoms with Crippen molar-refractivity contribution >= 4 is 33.2 Å². The Labute approximate surface area is 56.7 Å². The molecule has 0 unspecified atom stereocenters. The standard InChI is InChI=1S/C2H6.2ClH.O2P/c1-2;;;1-3-2/h1-2H3;2*1H;/q;;;+1. The Hall–Kier alpha value is 0.610. The van der Waals surface area contributed by atoms with Gasteiger partial charge in [-0.25, -0.2) is 0 Å². The van der Waals surface area contributed by atoms with Gasteiger partial charge in [-0.1, -0.05) is 13.8 Å². The Bertz CT molecular complexity index is 34.7. The van der Waals surface area contributed by atoms with Crippen molar-refractivity contribution in [3.63, 3.8) is 0 Å². The SMILES string of the molecule is CC.Cl.Cl.O=[P+]=O. The Kier molecular flexibility index (Phi) is 293. The zero-order valence-electron chi connectivity index (χ0n) is 4.08. The van der Waals surface area contributed by atoms with Crippen molar-refractivity contribution < 1.29 is 9.13 Å². The molecule has 0 radical (unpaired) electrons. The molecule has 2 nitrogen and oxygen atoms in total. The van der Waals surface area contributed by atoms with E-state index in [1.54, 1.807) is 0 Å². The molecule has 0 aromatic rings. The van der Waals surface area contributed by atoms with E-state index in [0.717, 1.165) is 0 Å². The van der Waals surface area contributed by atoms with Crippen molar-refractivity contribution in [2.45, 2.75) is 13.8 Å². The summed E-state index contributed by atoms with van der Waals surface area (Å²) in [6.45, 7) is 4.00. The summed E-state index contributed by atoms with van der Waals surface area (Å²) < 4.78 is 16.7. The molecule has 0 aliphatic heterocycles. The average molecular weight is 166 g/mol. The first kappa shape index (κ1) is 25.5. The summed E-state index contributed by atoms with van der Waals surface area (Å²) >= 11 is 0. The maximum atomic E-state index is 8.35. The van der Waals surface area contributed by atoms with E-state index in [1.165, 1.54) is 0 Å². The van der Waals surface area contributed by atoms with Gasteiger partial charge in [-0.2, -0.15) is 0 Å². The number of rotatable bonds is 0. The van der Waals surface area contributed by atoms with Crippen LogP contribution in [-0.2, 0) is 9.13 Å². The number of halogens is 2. The number of hydrogen-bond acceptors (Lipinski definition) is 2. The molecule has 5 heteroatoms. The van der Waals surface area contributed by atoms with E-state index in [0.29, 0.717) is 0 Å². The van der Waals surface area contributed by atoms with E-state index in [2.05, 4.69) is 0 Å². The van der Waals surface area contributed by atoms with Gasteiger partial charge >= 0.3 is 17.5 Å². The predicted octanol–water partition coefficient (Wildman–Crippen LogP) is 2.49. The van der Waals surface area contributed by atoms with Gasteiger partial charge in [0.15, 0.2) is 0 Å². The van der Waals surface area contributed by atoms with Gasteiger partial charge in [0.25, 0.3) is 0 Å². The van der Waals surface area contributed by atoms with Gasteiger partial charge in [0, 0.05) is 0 Å². The van der Waals surface area contributed by atoms with Crippen LogP contribution in [-0.4, -0.2) is 0 Å². The van der Waals surface area contributed by atoms with Crippen molar-refractivity contribution in [1.82, 2.24) is 0 Å². The van der Waals surface area contributed by atoms with Gasteiger partial charge in [0.2, 0.25) is 0 Å². The fourth-order valence-corrected chi connectivity index (χ4v) is 0. The Morgan fingerprint density at radius 1 is 1.00 bits per heavy atom. The van der Waals surface area contributed by atoms with Crippen molar-refractivity contribution in [2.24, 2.45) is 0 Å². The van der Waals surface area contributed by atoms with Gasteiger partial charge < -0.3 is 0 Å². The summed E-state index contributed by atoms with van der Waals surface area (Å²) in [6, 6.07) is 0. The monoisotopic (exact) mass is 165 g/mol. The minimum atomic E-state index is -1.08. The molecule has 0 amide bonds. The van der Waals surface area contributed by atoms with Crippen molar-refractivity contribution in [1.29, 1.82) is 0 Å². The van der Waals surface area contributed by atoms with Crippen molar-refractivity contribution in [3.05, 3.63) is 0 Å². The topological polar surface area (TPSA) is 34.1 Å². The quantitative estimate of drug-likeness (QED) is 0.518. The first-order valence-corrected chi connectivity index (χ1v) is 2.10.